The molecule has 4 aromatic carbocycles. The van der Waals surface area contributed by atoms with Gasteiger partial charge in [0, 0.05) is 5.39 Å². The van der Waals surface area contributed by atoms with Crippen LogP contribution in [0.2, 0.25) is 0 Å². The third-order valence-corrected chi connectivity index (χ3v) is 6.62. The lowest BCUT2D eigenvalue weighted by atomic mass is 9.93. The number of rotatable bonds is 12. The fourth-order valence-corrected chi connectivity index (χ4v) is 4.51. The SMILES string of the molecule is C[C@H](CC/C=C/C(=O)Nc1ccccc1N)[C@@H](OC(=O)Nc1cccc2ccccc12)c1ccc(OCCO)cc1. The predicted octanol–water partition coefficient (Wildman–Crippen LogP) is 6.69. The number of aliphatic hydroxyl groups is 1. The predicted molar refractivity (Wildman–Crippen MR) is 163 cm³/mol. The van der Waals surface area contributed by atoms with Gasteiger partial charge in [-0.2, -0.15) is 0 Å². The van der Waals surface area contributed by atoms with Crippen molar-refractivity contribution in [3.63, 3.8) is 0 Å². The van der Waals surface area contributed by atoms with E-state index < -0.39 is 12.2 Å². The summed E-state index contributed by atoms with van der Waals surface area (Å²) in [5.41, 5.74) is 8.43. The van der Waals surface area contributed by atoms with Crippen molar-refractivity contribution in [2.45, 2.75) is 25.9 Å². The van der Waals surface area contributed by atoms with Crippen LogP contribution in [0.25, 0.3) is 10.8 Å². The number of allylic oxidation sites excluding steroid dienone is 1. The summed E-state index contributed by atoms with van der Waals surface area (Å²) in [6.45, 7) is 2.12. The van der Waals surface area contributed by atoms with Crippen LogP contribution in [0.5, 0.6) is 5.75 Å². The zero-order chi connectivity index (χ0) is 29.0. The monoisotopic (exact) mass is 553 g/mol. The molecule has 4 rings (SSSR count). The number of ether oxygens (including phenoxy) is 2. The third kappa shape index (κ3) is 8.33. The van der Waals surface area contributed by atoms with Crippen molar-refractivity contribution in [3.8, 4) is 5.75 Å². The lowest BCUT2D eigenvalue weighted by Crippen LogP contribution is -2.22. The Morgan fingerprint density at radius 2 is 1.61 bits per heavy atom. The van der Waals surface area contributed by atoms with Crippen LogP contribution in [0.1, 0.15) is 31.4 Å². The molecule has 0 aliphatic heterocycles. The molecule has 0 aliphatic rings. The number of anilines is 3. The van der Waals surface area contributed by atoms with Crippen LogP contribution in [0.15, 0.2) is 103 Å². The largest absolute Gasteiger partial charge is 0.491 e. The Hall–Kier alpha value is -4.82. The summed E-state index contributed by atoms with van der Waals surface area (Å²) < 4.78 is 11.5. The van der Waals surface area contributed by atoms with E-state index in [1.165, 1.54) is 6.08 Å². The highest BCUT2D eigenvalue weighted by atomic mass is 16.6. The van der Waals surface area contributed by atoms with E-state index in [1.807, 2.05) is 61.5 Å². The van der Waals surface area contributed by atoms with Crippen molar-refractivity contribution < 1.29 is 24.2 Å². The van der Waals surface area contributed by atoms with Crippen molar-refractivity contribution in [1.29, 1.82) is 0 Å². The first-order valence-corrected chi connectivity index (χ1v) is 13.6. The summed E-state index contributed by atoms with van der Waals surface area (Å²) in [6, 6.07) is 27.9. The van der Waals surface area contributed by atoms with Gasteiger partial charge >= 0.3 is 6.09 Å². The smallest absolute Gasteiger partial charge is 0.412 e. The molecular formula is C33H35N3O5. The van der Waals surface area contributed by atoms with Crippen molar-refractivity contribution >= 4 is 39.8 Å². The fourth-order valence-electron chi connectivity index (χ4n) is 4.51. The summed E-state index contributed by atoms with van der Waals surface area (Å²) in [4.78, 5) is 25.4. The molecule has 8 nitrogen and oxygen atoms in total. The van der Waals surface area contributed by atoms with Crippen LogP contribution in [-0.4, -0.2) is 30.3 Å². The maximum atomic E-state index is 13.1. The quantitative estimate of drug-likeness (QED) is 0.114. The van der Waals surface area contributed by atoms with E-state index >= 15 is 0 Å². The zero-order valence-electron chi connectivity index (χ0n) is 23.0. The number of para-hydroxylation sites is 2. The standard InChI is InChI=1S/C33H35N3O5/c1-23(9-2-7-16-31(38)35-30-14-6-5-13-28(30)34)32(25-17-19-26(20-18-25)40-22-21-37)41-33(39)36-29-15-8-11-24-10-3-4-12-27(24)29/h3-8,10-20,23,32,37H,2,9,21-22,34H2,1H3,(H,35,38)(H,36,39)/b16-7+/t23-,32-/m1/s1. The Morgan fingerprint density at radius 3 is 2.39 bits per heavy atom. The number of carbonyl (C=O) groups is 2. The maximum Gasteiger partial charge on any atom is 0.412 e. The number of aliphatic hydroxyl groups excluding tert-OH is 1. The van der Waals surface area contributed by atoms with Crippen LogP contribution in [0.3, 0.4) is 0 Å². The van der Waals surface area contributed by atoms with Crippen molar-refractivity contribution in [3.05, 3.63) is 109 Å². The van der Waals surface area contributed by atoms with E-state index in [-0.39, 0.29) is 25.0 Å². The lowest BCUT2D eigenvalue weighted by Gasteiger charge is -2.25. The number of amides is 2. The van der Waals surface area contributed by atoms with Gasteiger partial charge in [-0.1, -0.05) is 73.7 Å². The van der Waals surface area contributed by atoms with Gasteiger partial charge in [0.1, 0.15) is 18.5 Å². The molecule has 4 aromatic rings. The first-order valence-electron chi connectivity index (χ1n) is 13.6. The van der Waals surface area contributed by atoms with E-state index in [0.717, 1.165) is 16.3 Å². The van der Waals surface area contributed by atoms with Crippen LogP contribution in [0, 0.1) is 5.92 Å². The molecule has 212 valence electrons. The lowest BCUT2D eigenvalue weighted by molar-refractivity contribution is -0.111. The molecule has 0 aromatic heterocycles. The number of nitrogen functional groups attached to an aromatic ring is 1. The highest BCUT2D eigenvalue weighted by Gasteiger charge is 2.24. The summed E-state index contributed by atoms with van der Waals surface area (Å²) in [6.07, 6.45) is 3.42. The summed E-state index contributed by atoms with van der Waals surface area (Å²) >= 11 is 0. The Labute approximate surface area is 239 Å². The highest BCUT2D eigenvalue weighted by Crippen LogP contribution is 2.32. The maximum absolute atomic E-state index is 13.1. The molecule has 2 amide bonds. The normalized spacial score (nSPS) is 12.5. The van der Waals surface area contributed by atoms with Gasteiger partial charge in [0.25, 0.3) is 0 Å². The molecule has 8 heteroatoms. The van der Waals surface area contributed by atoms with Crippen molar-refractivity contribution in [2.75, 3.05) is 29.6 Å². The summed E-state index contributed by atoms with van der Waals surface area (Å²) in [5, 5.41) is 16.6. The minimum absolute atomic E-state index is 0.0741. The molecule has 0 saturated carbocycles. The minimum atomic E-state index is -0.561. The average molecular weight is 554 g/mol. The zero-order valence-corrected chi connectivity index (χ0v) is 23.0. The Morgan fingerprint density at radius 1 is 0.902 bits per heavy atom. The van der Waals surface area contributed by atoms with E-state index in [4.69, 9.17) is 20.3 Å². The summed E-state index contributed by atoms with van der Waals surface area (Å²) in [7, 11) is 0. The van der Waals surface area contributed by atoms with Crippen molar-refractivity contribution in [1.82, 2.24) is 0 Å². The molecule has 41 heavy (non-hydrogen) atoms. The number of hydrogen-bond donors (Lipinski definition) is 4. The van der Waals surface area contributed by atoms with Crippen LogP contribution in [0.4, 0.5) is 21.9 Å². The van der Waals surface area contributed by atoms with Gasteiger partial charge in [-0.25, -0.2) is 4.79 Å². The molecule has 0 fully saturated rings. The molecule has 0 aliphatic carbocycles. The number of nitrogens with one attached hydrogen (secondary N) is 2. The van der Waals surface area contributed by atoms with Gasteiger partial charge in [-0.15, -0.1) is 0 Å². The van der Waals surface area contributed by atoms with Gasteiger partial charge in [0.05, 0.1) is 23.7 Å². The van der Waals surface area contributed by atoms with E-state index in [0.29, 0.717) is 35.7 Å². The van der Waals surface area contributed by atoms with E-state index in [9.17, 15) is 9.59 Å². The number of benzene rings is 4. The second-order valence-corrected chi connectivity index (χ2v) is 9.65. The second-order valence-electron chi connectivity index (χ2n) is 9.65. The molecule has 0 saturated heterocycles. The molecule has 0 heterocycles. The molecule has 0 radical (unpaired) electrons. The molecule has 0 bridgehead atoms. The second kappa shape index (κ2) is 14.5. The van der Waals surface area contributed by atoms with Gasteiger partial charge in [0.15, 0.2) is 0 Å². The van der Waals surface area contributed by atoms with Gasteiger partial charge < -0.3 is 25.6 Å². The Kier molecular flexibility index (Phi) is 10.3. The van der Waals surface area contributed by atoms with E-state index in [2.05, 4.69) is 10.6 Å². The Balaban J connectivity index is 1.43. The van der Waals surface area contributed by atoms with Crippen LogP contribution >= 0.6 is 0 Å². The molecule has 5 N–H and O–H groups in total. The van der Waals surface area contributed by atoms with Crippen LogP contribution in [-0.2, 0) is 9.53 Å². The molecule has 0 unspecified atom stereocenters. The number of carbonyl (C=O) groups excluding carboxylic acids is 2. The van der Waals surface area contributed by atoms with Gasteiger partial charge in [-0.3, -0.25) is 10.1 Å². The number of hydrogen-bond acceptors (Lipinski definition) is 6. The minimum Gasteiger partial charge on any atom is -0.491 e. The highest BCUT2D eigenvalue weighted by molar-refractivity contribution is 6.01. The first-order chi connectivity index (χ1) is 19.9. The fraction of sp³-hybridized carbons (Fsp3) is 0.212. The Bertz CT molecular complexity index is 1480. The van der Waals surface area contributed by atoms with Gasteiger partial charge in [-0.05, 0) is 66.1 Å². The summed E-state index contributed by atoms with van der Waals surface area (Å²) in [5.74, 6) is 0.272. The third-order valence-electron chi connectivity index (χ3n) is 6.62. The topological polar surface area (TPSA) is 123 Å². The van der Waals surface area contributed by atoms with Gasteiger partial charge in [0.2, 0.25) is 5.91 Å². The molecule has 2 atom stereocenters. The molecular weight excluding hydrogens is 518 g/mol. The van der Waals surface area contributed by atoms with E-state index in [1.54, 1.807) is 42.5 Å². The van der Waals surface area contributed by atoms with Crippen molar-refractivity contribution in [2.24, 2.45) is 5.92 Å². The molecule has 0 spiro atoms. The average Bonchev–Trinajstić information content (AvgIpc) is 2.98. The number of nitrogens with two attached hydrogens (primary N) is 1. The number of fused-ring (bicyclic) bond motifs is 1. The first kappa shape index (κ1) is 29.2. The van der Waals surface area contributed by atoms with Crippen LogP contribution < -0.4 is 21.1 Å².